The van der Waals surface area contributed by atoms with Crippen LogP contribution in [0.3, 0.4) is 0 Å². The van der Waals surface area contributed by atoms with E-state index in [1.54, 1.807) is 6.08 Å². The fraction of sp³-hybridized carbons (Fsp3) is 0.200. The molecule has 3 aromatic carbocycles. The van der Waals surface area contributed by atoms with E-state index in [2.05, 4.69) is 26.0 Å². The molecule has 0 aromatic heterocycles. The first kappa shape index (κ1) is 21.4. The topological polar surface area (TPSA) is 18.5 Å². The highest BCUT2D eigenvalue weighted by atomic mass is 35.5. The summed E-state index contributed by atoms with van der Waals surface area (Å²) in [6, 6.07) is 25.9. The van der Waals surface area contributed by atoms with Crippen molar-refractivity contribution >= 4 is 29.3 Å². The molecule has 3 rings (SSSR count). The minimum Gasteiger partial charge on any atom is -0.457 e. The summed E-state index contributed by atoms with van der Waals surface area (Å²) < 4.78 is 12.2. The minimum atomic E-state index is -0.120. The van der Waals surface area contributed by atoms with Crippen LogP contribution in [0.25, 0.3) is 6.08 Å². The van der Waals surface area contributed by atoms with Crippen molar-refractivity contribution in [2.45, 2.75) is 25.9 Å². The first-order valence-corrected chi connectivity index (χ1v) is 10.2. The van der Waals surface area contributed by atoms with Crippen LogP contribution >= 0.6 is 23.2 Å². The zero-order chi connectivity index (χ0) is 20.7. The smallest absolute Gasteiger partial charge is 0.127 e. The van der Waals surface area contributed by atoms with Gasteiger partial charge in [0.2, 0.25) is 0 Å². The van der Waals surface area contributed by atoms with Crippen LogP contribution in [0.1, 0.15) is 30.5 Å². The van der Waals surface area contributed by atoms with E-state index >= 15 is 0 Å². The van der Waals surface area contributed by atoms with E-state index in [1.165, 1.54) is 5.56 Å². The van der Waals surface area contributed by atoms with Crippen LogP contribution in [-0.4, -0.2) is 6.61 Å². The van der Waals surface area contributed by atoms with Crippen molar-refractivity contribution in [3.05, 3.63) is 100 Å². The number of halogens is 2. The fourth-order valence-electron chi connectivity index (χ4n) is 2.99. The molecule has 0 aliphatic heterocycles. The first-order chi connectivity index (χ1) is 13.9. The normalized spacial score (nSPS) is 11.2. The number of para-hydroxylation sites is 1. The monoisotopic (exact) mass is 426 g/mol. The molecule has 29 heavy (non-hydrogen) atoms. The summed E-state index contributed by atoms with van der Waals surface area (Å²) in [7, 11) is 0. The highest BCUT2D eigenvalue weighted by molar-refractivity contribution is 6.57. The lowest BCUT2D eigenvalue weighted by Gasteiger charge is -2.25. The Labute approximate surface area is 182 Å². The van der Waals surface area contributed by atoms with Crippen LogP contribution in [-0.2, 0) is 16.8 Å². The molecule has 2 nitrogen and oxygen atoms in total. The van der Waals surface area contributed by atoms with Gasteiger partial charge in [0.25, 0.3) is 0 Å². The Hall–Kier alpha value is -2.26. The number of hydrogen-bond acceptors (Lipinski definition) is 2. The third-order valence-electron chi connectivity index (χ3n) is 4.58. The molecule has 0 fully saturated rings. The van der Waals surface area contributed by atoms with Crippen molar-refractivity contribution in [1.29, 1.82) is 0 Å². The van der Waals surface area contributed by atoms with Crippen molar-refractivity contribution < 1.29 is 9.47 Å². The summed E-state index contributed by atoms with van der Waals surface area (Å²) >= 11 is 11.4. The highest BCUT2D eigenvalue weighted by Crippen LogP contribution is 2.26. The van der Waals surface area contributed by atoms with Crippen molar-refractivity contribution in [1.82, 2.24) is 0 Å². The van der Waals surface area contributed by atoms with E-state index in [1.807, 2.05) is 66.7 Å². The third kappa shape index (κ3) is 6.64. The summed E-state index contributed by atoms with van der Waals surface area (Å²) in [4.78, 5) is 0. The lowest BCUT2D eigenvalue weighted by atomic mass is 9.85. The Morgan fingerprint density at radius 3 is 2.24 bits per heavy atom. The van der Waals surface area contributed by atoms with E-state index in [0.717, 1.165) is 22.6 Å². The summed E-state index contributed by atoms with van der Waals surface area (Å²) in [6.45, 7) is 5.46. The first-order valence-electron chi connectivity index (χ1n) is 9.45. The molecule has 0 aliphatic carbocycles. The molecular formula is C25H24Cl2O2. The molecule has 0 saturated carbocycles. The van der Waals surface area contributed by atoms with Gasteiger partial charge in [-0.2, -0.15) is 0 Å². The Morgan fingerprint density at radius 2 is 1.55 bits per heavy atom. The summed E-state index contributed by atoms with van der Waals surface area (Å²) in [6.07, 6.45) is 1.72. The molecular weight excluding hydrogens is 403 g/mol. The lowest BCUT2D eigenvalue weighted by Crippen LogP contribution is -2.24. The number of benzene rings is 3. The number of hydrogen-bond donors (Lipinski definition) is 0. The third-order valence-corrected chi connectivity index (χ3v) is 4.80. The van der Waals surface area contributed by atoms with Gasteiger partial charge in [-0.1, -0.05) is 91.6 Å². The molecule has 0 amide bonds. The van der Waals surface area contributed by atoms with Crippen LogP contribution in [0.2, 0.25) is 0 Å². The standard InChI is InChI=1S/C25H24Cl2O2/c1-25(2,21-13-11-19(12-14-21)16-24(26)27)18-28-17-20-7-6-10-23(15-20)29-22-8-4-3-5-9-22/h3-16H,17-18H2,1-2H3. The SMILES string of the molecule is CC(C)(COCc1cccc(Oc2ccccc2)c1)c1ccc(C=C(Cl)Cl)cc1. The van der Waals surface area contributed by atoms with Gasteiger partial charge in [0.1, 0.15) is 16.0 Å². The molecule has 0 atom stereocenters. The predicted octanol–water partition coefficient (Wildman–Crippen LogP) is 7.75. The highest BCUT2D eigenvalue weighted by Gasteiger charge is 2.20. The zero-order valence-electron chi connectivity index (χ0n) is 16.6. The van der Waals surface area contributed by atoms with E-state index in [4.69, 9.17) is 32.7 Å². The second-order valence-corrected chi connectivity index (χ2v) is 8.50. The van der Waals surface area contributed by atoms with Gasteiger partial charge in [0.05, 0.1) is 13.2 Å². The molecule has 0 bridgehead atoms. The molecule has 0 unspecified atom stereocenters. The molecule has 3 aromatic rings. The van der Waals surface area contributed by atoms with Crippen LogP contribution in [0.5, 0.6) is 11.5 Å². The van der Waals surface area contributed by atoms with Crippen molar-refractivity contribution in [2.24, 2.45) is 0 Å². The van der Waals surface area contributed by atoms with E-state index < -0.39 is 0 Å². The number of ether oxygens (including phenoxy) is 2. The quantitative estimate of drug-likeness (QED) is 0.366. The maximum Gasteiger partial charge on any atom is 0.127 e. The molecule has 150 valence electrons. The second kappa shape index (κ2) is 9.98. The van der Waals surface area contributed by atoms with Gasteiger partial charge in [0.15, 0.2) is 0 Å². The Kier molecular flexibility index (Phi) is 7.38. The van der Waals surface area contributed by atoms with E-state index in [9.17, 15) is 0 Å². The van der Waals surface area contributed by atoms with Gasteiger partial charge in [-0.3, -0.25) is 0 Å². The van der Waals surface area contributed by atoms with Gasteiger partial charge in [0, 0.05) is 5.41 Å². The zero-order valence-corrected chi connectivity index (χ0v) is 18.1. The minimum absolute atomic E-state index is 0.120. The maximum absolute atomic E-state index is 6.03. The van der Waals surface area contributed by atoms with E-state index in [0.29, 0.717) is 13.2 Å². The average Bonchev–Trinajstić information content (AvgIpc) is 2.69. The fourth-order valence-corrected chi connectivity index (χ4v) is 3.24. The molecule has 0 spiro atoms. The molecule has 0 aliphatic rings. The van der Waals surface area contributed by atoms with Crippen molar-refractivity contribution in [3.8, 4) is 11.5 Å². The van der Waals surface area contributed by atoms with Gasteiger partial charge in [-0.05, 0) is 47.0 Å². The van der Waals surface area contributed by atoms with Gasteiger partial charge >= 0.3 is 0 Å². The van der Waals surface area contributed by atoms with Crippen LogP contribution in [0, 0.1) is 0 Å². The molecule has 4 heteroatoms. The van der Waals surface area contributed by atoms with Crippen molar-refractivity contribution in [2.75, 3.05) is 6.61 Å². The lowest BCUT2D eigenvalue weighted by molar-refractivity contribution is 0.0824. The van der Waals surface area contributed by atoms with E-state index in [-0.39, 0.29) is 9.91 Å². The molecule has 0 radical (unpaired) electrons. The van der Waals surface area contributed by atoms with Crippen LogP contribution in [0.15, 0.2) is 83.4 Å². The Bertz CT molecular complexity index is 944. The second-order valence-electron chi connectivity index (χ2n) is 7.50. The predicted molar refractivity (Wildman–Crippen MR) is 122 cm³/mol. The largest absolute Gasteiger partial charge is 0.457 e. The molecule has 0 N–H and O–H groups in total. The summed E-state index contributed by atoms with van der Waals surface area (Å²) in [5.41, 5.74) is 3.12. The van der Waals surface area contributed by atoms with Crippen LogP contribution in [0.4, 0.5) is 0 Å². The maximum atomic E-state index is 6.03. The average molecular weight is 427 g/mol. The van der Waals surface area contributed by atoms with Crippen molar-refractivity contribution in [3.63, 3.8) is 0 Å². The summed E-state index contributed by atoms with van der Waals surface area (Å²) in [5, 5.41) is 0. The molecule has 0 saturated heterocycles. The Morgan fingerprint density at radius 1 is 0.862 bits per heavy atom. The summed E-state index contributed by atoms with van der Waals surface area (Å²) in [5.74, 6) is 1.62. The van der Waals surface area contributed by atoms with Gasteiger partial charge < -0.3 is 9.47 Å². The molecule has 0 heterocycles. The van der Waals surface area contributed by atoms with Gasteiger partial charge in [-0.15, -0.1) is 0 Å². The number of rotatable bonds is 8. The Balaban J connectivity index is 1.57. The van der Waals surface area contributed by atoms with Crippen LogP contribution < -0.4 is 4.74 Å². The van der Waals surface area contributed by atoms with Gasteiger partial charge in [-0.25, -0.2) is 0 Å².